The zero-order valence-electron chi connectivity index (χ0n) is 12.1. The first kappa shape index (κ1) is 16.0. The number of aromatic amines is 1. The Labute approximate surface area is 125 Å². The predicted octanol–water partition coefficient (Wildman–Crippen LogP) is 4.08. The number of halogens is 3. The van der Waals surface area contributed by atoms with E-state index in [1.54, 1.807) is 6.07 Å². The molecule has 0 aliphatic carbocycles. The molecule has 1 heterocycles. The second-order valence-electron chi connectivity index (χ2n) is 5.17. The first-order chi connectivity index (χ1) is 10.3. The number of aromatic nitrogens is 2. The van der Waals surface area contributed by atoms with Crippen molar-refractivity contribution in [2.24, 2.45) is 0 Å². The first-order valence-corrected chi connectivity index (χ1v) is 6.72. The van der Waals surface area contributed by atoms with Crippen molar-refractivity contribution in [3.8, 4) is 0 Å². The molecule has 0 unspecified atom stereocenters. The fraction of sp³-hybridized carbons (Fsp3) is 0.250. The van der Waals surface area contributed by atoms with Gasteiger partial charge in [0.25, 0.3) is 5.56 Å². The summed E-state index contributed by atoms with van der Waals surface area (Å²) in [7, 11) is 0. The van der Waals surface area contributed by atoms with Crippen molar-refractivity contribution >= 4 is 12.2 Å². The van der Waals surface area contributed by atoms with Gasteiger partial charge in [0.15, 0.2) is 0 Å². The summed E-state index contributed by atoms with van der Waals surface area (Å²) >= 11 is 0. The van der Waals surface area contributed by atoms with Gasteiger partial charge in [0.2, 0.25) is 0 Å². The molecule has 1 aromatic carbocycles. The summed E-state index contributed by atoms with van der Waals surface area (Å²) < 4.78 is 37.9. The Morgan fingerprint density at radius 3 is 2.55 bits per heavy atom. The molecule has 22 heavy (non-hydrogen) atoms. The lowest BCUT2D eigenvalue weighted by atomic mass is 10.1. The van der Waals surface area contributed by atoms with E-state index in [0.29, 0.717) is 17.1 Å². The van der Waals surface area contributed by atoms with Crippen LogP contribution in [0.25, 0.3) is 12.2 Å². The van der Waals surface area contributed by atoms with Gasteiger partial charge in [-0.1, -0.05) is 32.1 Å². The summed E-state index contributed by atoms with van der Waals surface area (Å²) in [5.74, 6) is 0.589. The molecule has 0 amide bonds. The number of rotatable bonds is 3. The maximum Gasteiger partial charge on any atom is 0.416 e. The topological polar surface area (TPSA) is 45.8 Å². The van der Waals surface area contributed by atoms with E-state index >= 15 is 0 Å². The van der Waals surface area contributed by atoms with Crippen LogP contribution in [0.3, 0.4) is 0 Å². The third-order valence-corrected chi connectivity index (χ3v) is 2.99. The molecule has 0 bridgehead atoms. The van der Waals surface area contributed by atoms with Crippen LogP contribution in [0.15, 0.2) is 35.1 Å². The van der Waals surface area contributed by atoms with Gasteiger partial charge in [-0.2, -0.15) is 13.2 Å². The van der Waals surface area contributed by atoms with Crippen LogP contribution in [0.1, 0.15) is 42.4 Å². The van der Waals surface area contributed by atoms with Crippen LogP contribution in [0.2, 0.25) is 0 Å². The third kappa shape index (κ3) is 4.07. The van der Waals surface area contributed by atoms with E-state index in [1.807, 2.05) is 13.8 Å². The summed E-state index contributed by atoms with van der Waals surface area (Å²) in [6.07, 6.45) is -1.35. The summed E-state index contributed by atoms with van der Waals surface area (Å²) in [6, 6.07) is 6.26. The van der Waals surface area contributed by atoms with Crippen molar-refractivity contribution in [1.29, 1.82) is 0 Å². The van der Waals surface area contributed by atoms with Crippen molar-refractivity contribution in [2.45, 2.75) is 25.9 Å². The van der Waals surface area contributed by atoms with Crippen molar-refractivity contribution in [3.05, 3.63) is 63.3 Å². The van der Waals surface area contributed by atoms with E-state index in [2.05, 4.69) is 9.97 Å². The van der Waals surface area contributed by atoms with Crippen molar-refractivity contribution in [1.82, 2.24) is 9.97 Å². The standard InChI is InChI=1S/C16H15F3N2O/c1-10(2)15-20-13(9-14(22)21-15)7-6-11-4-3-5-12(8-11)16(17,18)19/h3-10H,1-2H3,(H,20,21,22)/b7-6+. The molecule has 2 aromatic rings. The lowest BCUT2D eigenvalue weighted by Gasteiger charge is -2.07. The van der Waals surface area contributed by atoms with E-state index in [4.69, 9.17) is 0 Å². The summed E-state index contributed by atoms with van der Waals surface area (Å²) in [6.45, 7) is 3.77. The maximum absolute atomic E-state index is 12.6. The fourth-order valence-corrected chi connectivity index (χ4v) is 1.86. The Morgan fingerprint density at radius 1 is 1.18 bits per heavy atom. The number of benzene rings is 1. The Balaban J connectivity index is 2.31. The average Bonchev–Trinajstić information content (AvgIpc) is 2.44. The van der Waals surface area contributed by atoms with E-state index in [9.17, 15) is 18.0 Å². The number of alkyl halides is 3. The fourth-order valence-electron chi connectivity index (χ4n) is 1.86. The minimum Gasteiger partial charge on any atom is -0.310 e. The van der Waals surface area contributed by atoms with E-state index in [1.165, 1.54) is 24.3 Å². The maximum atomic E-state index is 12.6. The number of nitrogens with zero attached hydrogens (tertiary/aromatic N) is 1. The van der Waals surface area contributed by atoms with Crippen LogP contribution < -0.4 is 5.56 Å². The van der Waals surface area contributed by atoms with Gasteiger partial charge in [0.1, 0.15) is 5.82 Å². The molecule has 2 rings (SSSR count). The lowest BCUT2D eigenvalue weighted by Crippen LogP contribution is -2.12. The highest BCUT2D eigenvalue weighted by Crippen LogP contribution is 2.29. The minimum absolute atomic E-state index is 0.0506. The highest BCUT2D eigenvalue weighted by atomic mass is 19.4. The van der Waals surface area contributed by atoms with Gasteiger partial charge < -0.3 is 4.98 Å². The van der Waals surface area contributed by atoms with Gasteiger partial charge in [0, 0.05) is 12.0 Å². The van der Waals surface area contributed by atoms with Gasteiger partial charge in [-0.3, -0.25) is 4.79 Å². The first-order valence-electron chi connectivity index (χ1n) is 6.72. The quantitative estimate of drug-likeness (QED) is 0.928. The molecule has 3 nitrogen and oxygen atoms in total. The van der Waals surface area contributed by atoms with Gasteiger partial charge in [-0.05, 0) is 23.8 Å². The Bertz CT molecular complexity index is 746. The molecule has 1 N–H and O–H groups in total. The molecule has 0 aliphatic heterocycles. The normalized spacial score (nSPS) is 12.3. The zero-order valence-corrected chi connectivity index (χ0v) is 12.1. The highest BCUT2D eigenvalue weighted by Gasteiger charge is 2.30. The largest absolute Gasteiger partial charge is 0.416 e. The van der Waals surface area contributed by atoms with Gasteiger partial charge >= 0.3 is 6.18 Å². The molecule has 0 spiro atoms. The van der Waals surface area contributed by atoms with Gasteiger partial charge in [-0.15, -0.1) is 0 Å². The number of H-pyrrole nitrogens is 1. The van der Waals surface area contributed by atoms with E-state index < -0.39 is 11.7 Å². The summed E-state index contributed by atoms with van der Waals surface area (Å²) in [5, 5.41) is 0. The van der Waals surface area contributed by atoms with Crippen molar-refractivity contribution in [2.75, 3.05) is 0 Å². The van der Waals surface area contributed by atoms with Crippen molar-refractivity contribution < 1.29 is 13.2 Å². The molecule has 116 valence electrons. The second-order valence-corrected chi connectivity index (χ2v) is 5.17. The second kappa shape index (κ2) is 6.17. The molecule has 0 saturated heterocycles. The number of hydrogen-bond acceptors (Lipinski definition) is 2. The molecular formula is C16H15F3N2O. The minimum atomic E-state index is -4.38. The number of nitrogens with one attached hydrogen (secondary N) is 1. The highest BCUT2D eigenvalue weighted by molar-refractivity contribution is 5.68. The molecule has 6 heteroatoms. The Hall–Kier alpha value is -2.37. The molecule has 0 saturated carbocycles. The predicted molar refractivity (Wildman–Crippen MR) is 79.3 cm³/mol. The molecule has 1 aromatic heterocycles. The van der Waals surface area contributed by atoms with Crippen LogP contribution in [0.5, 0.6) is 0 Å². The van der Waals surface area contributed by atoms with Gasteiger partial charge in [0.05, 0.1) is 11.3 Å². The molecule has 0 radical (unpaired) electrons. The SMILES string of the molecule is CC(C)c1nc(/C=C/c2cccc(C(F)(F)F)c2)cc(=O)[nH]1. The van der Waals surface area contributed by atoms with Crippen LogP contribution in [0, 0.1) is 0 Å². The van der Waals surface area contributed by atoms with Crippen LogP contribution in [0.4, 0.5) is 13.2 Å². The monoisotopic (exact) mass is 308 g/mol. The molecule has 0 fully saturated rings. The van der Waals surface area contributed by atoms with Crippen LogP contribution in [-0.2, 0) is 6.18 Å². The average molecular weight is 308 g/mol. The summed E-state index contributed by atoms with van der Waals surface area (Å²) in [5.41, 5.74) is -0.202. The van der Waals surface area contributed by atoms with Gasteiger partial charge in [-0.25, -0.2) is 4.98 Å². The van der Waals surface area contributed by atoms with Crippen LogP contribution in [-0.4, -0.2) is 9.97 Å². The number of hydrogen-bond donors (Lipinski definition) is 1. The van der Waals surface area contributed by atoms with Crippen LogP contribution >= 0.6 is 0 Å². The van der Waals surface area contributed by atoms with E-state index in [0.717, 1.165) is 12.1 Å². The molecule has 0 atom stereocenters. The van der Waals surface area contributed by atoms with E-state index in [-0.39, 0.29) is 11.5 Å². The summed E-state index contributed by atoms with van der Waals surface area (Å²) in [4.78, 5) is 18.4. The lowest BCUT2D eigenvalue weighted by molar-refractivity contribution is -0.137. The molecular weight excluding hydrogens is 293 g/mol. The zero-order chi connectivity index (χ0) is 16.3. The van der Waals surface area contributed by atoms with Crippen molar-refractivity contribution in [3.63, 3.8) is 0 Å². The Kier molecular flexibility index (Phi) is 4.49. The third-order valence-electron chi connectivity index (χ3n) is 2.99. The Morgan fingerprint density at radius 2 is 1.91 bits per heavy atom. The molecule has 0 aliphatic rings. The smallest absolute Gasteiger partial charge is 0.310 e.